The van der Waals surface area contributed by atoms with Crippen LogP contribution < -0.4 is 5.32 Å². The molecule has 0 amide bonds. The molecular weight excluding hydrogens is 270 g/mol. The van der Waals surface area contributed by atoms with Crippen molar-refractivity contribution in [1.82, 2.24) is 5.32 Å². The number of rotatable bonds is 15. The van der Waals surface area contributed by atoms with Gasteiger partial charge in [-0.2, -0.15) is 0 Å². The van der Waals surface area contributed by atoms with Crippen LogP contribution in [0.5, 0.6) is 0 Å². The molecular formula is C20H39NO. The smallest absolute Gasteiger partial charge is 0.0711 e. The topological polar surface area (TPSA) is 21.3 Å². The van der Waals surface area contributed by atoms with Crippen LogP contribution in [0, 0.1) is 0 Å². The summed E-state index contributed by atoms with van der Waals surface area (Å²) in [6.07, 6.45) is 22.7. The Kier molecular flexibility index (Phi) is 13.9. The van der Waals surface area contributed by atoms with Crippen LogP contribution in [0.4, 0.5) is 0 Å². The Morgan fingerprint density at radius 1 is 0.864 bits per heavy atom. The fourth-order valence-electron chi connectivity index (χ4n) is 3.02. The monoisotopic (exact) mass is 309 g/mol. The van der Waals surface area contributed by atoms with Crippen LogP contribution in [0.25, 0.3) is 0 Å². The van der Waals surface area contributed by atoms with Crippen LogP contribution in [-0.4, -0.2) is 25.8 Å². The minimum Gasteiger partial charge on any atom is -0.377 e. The molecule has 1 saturated heterocycles. The second kappa shape index (κ2) is 15.6. The minimum absolute atomic E-state index is 0.494. The van der Waals surface area contributed by atoms with Crippen molar-refractivity contribution in [2.24, 2.45) is 0 Å². The van der Waals surface area contributed by atoms with Crippen molar-refractivity contribution in [3.63, 3.8) is 0 Å². The predicted octanol–water partition coefficient (Wildman–Crippen LogP) is 5.62. The molecule has 0 saturated carbocycles. The molecule has 1 heterocycles. The number of unbranched alkanes of at least 4 members (excludes halogenated alkanes) is 10. The van der Waals surface area contributed by atoms with Crippen LogP contribution in [0.2, 0.25) is 0 Å². The molecule has 1 unspecified atom stereocenters. The predicted molar refractivity (Wildman–Crippen MR) is 97.4 cm³/mol. The lowest BCUT2D eigenvalue weighted by Gasteiger charge is -2.09. The molecule has 0 aromatic heterocycles. The van der Waals surface area contributed by atoms with Gasteiger partial charge in [0.25, 0.3) is 0 Å². The van der Waals surface area contributed by atoms with Gasteiger partial charge in [-0.25, -0.2) is 0 Å². The Morgan fingerprint density at radius 3 is 2.14 bits per heavy atom. The molecule has 0 aromatic carbocycles. The molecule has 2 nitrogen and oxygen atoms in total. The molecule has 130 valence electrons. The minimum atomic E-state index is 0.494. The summed E-state index contributed by atoms with van der Waals surface area (Å²) >= 11 is 0. The second-order valence-electron chi connectivity index (χ2n) is 6.72. The van der Waals surface area contributed by atoms with Gasteiger partial charge in [0, 0.05) is 13.2 Å². The van der Waals surface area contributed by atoms with Crippen LogP contribution in [-0.2, 0) is 4.74 Å². The molecule has 1 aliphatic rings. The van der Waals surface area contributed by atoms with Crippen molar-refractivity contribution in [3.05, 3.63) is 12.2 Å². The molecule has 0 bridgehead atoms. The fraction of sp³-hybridized carbons (Fsp3) is 0.900. The highest BCUT2D eigenvalue weighted by Crippen LogP contribution is 2.10. The third kappa shape index (κ3) is 12.2. The average molecular weight is 310 g/mol. The van der Waals surface area contributed by atoms with Crippen molar-refractivity contribution in [3.8, 4) is 0 Å². The lowest BCUT2D eigenvalue weighted by molar-refractivity contribution is 0.0641. The highest BCUT2D eigenvalue weighted by Gasteiger charge is 2.13. The Bertz CT molecular complexity index is 246. The summed E-state index contributed by atoms with van der Waals surface area (Å²) in [6.45, 7) is 5.44. The van der Waals surface area contributed by atoms with Gasteiger partial charge >= 0.3 is 0 Å². The van der Waals surface area contributed by atoms with Crippen LogP contribution in [0.3, 0.4) is 0 Å². The van der Waals surface area contributed by atoms with E-state index in [0.29, 0.717) is 6.10 Å². The normalized spacial score (nSPS) is 18.5. The molecule has 1 rings (SSSR count). The van der Waals surface area contributed by atoms with Gasteiger partial charge in [-0.3, -0.25) is 0 Å². The Morgan fingerprint density at radius 2 is 1.50 bits per heavy atom. The van der Waals surface area contributed by atoms with Gasteiger partial charge in [0.2, 0.25) is 0 Å². The van der Waals surface area contributed by atoms with Crippen LogP contribution in [0.1, 0.15) is 90.4 Å². The summed E-state index contributed by atoms with van der Waals surface area (Å²) in [7, 11) is 0. The number of ether oxygens (including phenoxy) is 1. The van der Waals surface area contributed by atoms with Gasteiger partial charge in [0.15, 0.2) is 0 Å². The number of hydrogen-bond acceptors (Lipinski definition) is 2. The molecule has 1 aliphatic heterocycles. The van der Waals surface area contributed by atoms with Gasteiger partial charge in [-0.1, -0.05) is 64.0 Å². The van der Waals surface area contributed by atoms with E-state index < -0.39 is 0 Å². The first-order valence-corrected chi connectivity index (χ1v) is 9.90. The first-order chi connectivity index (χ1) is 10.9. The summed E-state index contributed by atoms with van der Waals surface area (Å²) in [4.78, 5) is 0. The van der Waals surface area contributed by atoms with Gasteiger partial charge in [0.1, 0.15) is 0 Å². The maximum Gasteiger partial charge on any atom is 0.0711 e. The van der Waals surface area contributed by atoms with E-state index >= 15 is 0 Å². The zero-order chi connectivity index (χ0) is 15.7. The lowest BCUT2D eigenvalue weighted by Crippen LogP contribution is -2.17. The molecule has 22 heavy (non-hydrogen) atoms. The number of hydrogen-bond donors (Lipinski definition) is 1. The third-order valence-electron chi connectivity index (χ3n) is 4.52. The molecule has 0 spiro atoms. The van der Waals surface area contributed by atoms with Crippen molar-refractivity contribution in [2.75, 3.05) is 19.7 Å². The van der Waals surface area contributed by atoms with E-state index in [2.05, 4.69) is 24.4 Å². The van der Waals surface area contributed by atoms with E-state index in [4.69, 9.17) is 4.74 Å². The SMILES string of the molecule is CCCCCC/C=C\CCCCCCCCOC1CCNC1. The van der Waals surface area contributed by atoms with Crippen molar-refractivity contribution in [2.45, 2.75) is 96.5 Å². The first-order valence-electron chi connectivity index (χ1n) is 9.90. The van der Waals surface area contributed by atoms with E-state index in [1.54, 1.807) is 0 Å². The van der Waals surface area contributed by atoms with Gasteiger partial charge in [-0.05, 0) is 45.1 Å². The van der Waals surface area contributed by atoms with E-state index in [0.717, 1.165) is 19.7 Å². The number of nitrogens with one attached hydrogen (secondary N) is 1. The van der Waals surface area contributed by atoms with Crippen molar-refractivity contribution in [1.29, 1.82) is 0 Å². The molecule has 0 aliphatic carbocycles. The van der Waals surface area contributed by atoms with Gasteiger partial charge < -0.3 is 10.1 Å². The summed E-state index contributed by atoms with van der Waals surface area (Å²) in [5, 5.41) is 3.34. The van der Waals surface area contributed by atoms with E-state index in [9.17, 15) is 0 Å². The summed E-state index contributed by atoms with van der Waals surface area (Å²) < 4.78 is 5.84. The third-order valence-corrected chi connectivity index (χ3v) is 4.52. The van der Waals surface area contributed by atoms with E-state index in [1.165, 1.54) is 83.5 Å². The maximum absolute atomic E-state index is 5.84. The zero-order valence-corrected chi connectivity index (χ0v) is 15.0. The van der Waals surface area contributed by atoms with Gasteiger partial charge in [-0.15, -0.1) is 0 Å². The Labute approximate surface area is 139 Å². The van der Waals surface area contributed by atoms with Crippen LogP contribution >= 0.6 is 0 Å². The van der Waals surface area contributed by atoms with Gasteiger partial charge in [0.05, 0.1) is 6.10 Å². The Balaban J connectivity index is 1.70. The molecule has 0 radical (unpaired) electrons. The summed E-state index contributed by atoms with van der Waals surface area (Å²) in [6, 6.07) is 0. The second-order valence-corrected chi connectivity index (χ2v) is 6.72. The summed E-state index contributed by atoms with van der Waals surface area (Å²) in [5.74, 6) is 0. The zero-order valence-electron chi connectivity index (χ0n) is 15.0. The molecule has 2 heteroatoms. The van der Waals surface area contributed by atoms with Crippen molar-refractivity contribution >= 4 is 0 Å². The molecule has 1 N–H and O–H groups in total. The highest BCUT2D eigenvalue weighted by molar-refractivity contribution is 4.81. The van der Waals surface area contributed by atoms with Crippen molar-refractivity contribution < 1.29 is 4.74 Å². The van der Waals surface area contributed by atoms with E-state index in [-0.39, 0.29) is 0 Å². The standard InChI is InChI=1S/C20H39NO/c1-2-3-4-5-6-7-8-9-10-11-12-13-14-15-18-22-20-16-17-21-19-20/h7-8,20-21H,2-6,9-19H2,1H3/b8-7-. The largest absolute Gasteiger partial charge is 0.377 e. The molecule has 0 aromatic rings. The molecule has 1 atom stereocenters. The first kappa shape index (κ1) is 19.7. The van der Waals surface area contributed by atoms with E-state index in [1.807, 2.05) is 0 Å². The maximum atomic E-state index is 5.84. The highest BCUT2D eigenvalue weighted by atomic mass is 16.5. The quantitative estimate of drug-likeness (QED) is 0.313. The lowest BCUT2D eigenvalue weighted by atomic mass is 10.1. The fourth-order valence-corrected chi connectivity index (χ4v) is 3.02. The Hall–Kier alpha value is -0.340. The number of allylic oxidation sites excluding steroid dienone is 2. The summed E-state index contributed by atoms with van der Waals surface area (Å²) in [5.41, 5.74) is 0. The molecule has 1 fully saturated rings. The van der Waals surface area contributed by atoms with Crippen LogP contribution in [0.15, 0.2) is 12.2 Å². The average Bonchev–Trinajstić information content (AvgIpc) is 3.04.